The van der Waals surface area contributed by atoms with E-state index in [4.69, 9.17) is 19.2 Å². The minimum Gasteiger partial charge on any atom is -0.493 e. The van der Waals surface area contributed by atoms with E-state index < -0.39 is 11.7 Å². The van der Waals surface area contributed by atoms with Crippen LogP contribution in [0.5, 0.6) is 5.75 Å². The van der Waals surface area contributed by atoms with Crippen molar-refractivity contribution in [3.63, 3.8) is 0 Å². The predicted octanol–water partition coefficient (Wildman–Crippen LogP) is 3.39. The van der Waals surface area contributed by atoms with Gasteiger partial charge < -0.3 is 29.6 Å². The summed E-state index contributed by atoms with van der Waals surface area (Å²) in [6.07, 6.45) is 5.02. The summed E-state index contributed by atoms with van der Waals surface area (Å²) in [7, 11) is 1.70. The number of aliphatic hydroxyl groups is 1. The second-order valence-corrected chi connectivity index (χ2v) is 8.37. The van der Waals surface area contributed by atoms with Crippen LogP contribution in [0.2, 0.25) is 0 Å². The standard InChI is InChI=1S/C24H30N4O5/c1-15(29)4-7-33-17-10-20(28-22(11-17)24(31-3)5-8-32-9-6-24)19-13-25-21-14-26-23(12-18(19)21)27-16(2)30/h10-15,25,29H,4-9H2,1-3H3,(H,26,27,30)/t15-/m1/s1. The molecular weight excluding hydrogens is 424 g/mol. The molecule has 9 heteroatoms. The first-order chi connectivity index (χ1) is 15.9. The summed E-state index contributed by atoms with van der Waals surface area (Å²) in [6.45, 7) is 4.76. The number of carbonyl (C=O) groups is 1. The van der Waals surface area contributed by atoms with Gasteiger partial charge in [-0.25, -0.2) is 9.97 Å². The molecular formula is C24H30N4O5. The van der Waals surface area contributed by atoms with Gasteiger partial charge in [0.25, 0.3) is 0 Å². The smallest absolute Gasteiger partial charge is 0.222 e. The van der Waals surface area contributed by atoms with Crippen LogP contribution >= 0.6 is 0 Å². The Morgan fingerprint density at radius 1 is 1.33 bits per heavy atom. The number of nitrogens with one attached hydrogen (secondary N) is 2. The van der Waals surface area contributed by atoms with Gasteiger partial charge in [-0.15, -0.1) is 0 Å². The van der Waals surface area contributed by atoms with Crippen molar-refractivity contribution in [3.05, 3.63) is 36.3 Å². The Hall–Kier alpha value is -3.01. The van der Waals surface area contributed by atoms with Gasteiger partial charge in [0.2, 0.25) is 5.91 Å². The fraction of sp³-hybridized carbons (Fsp3) is 0.458. The molecule has 4 rings (SSSR count). The van der Waals surface area contributed by atoms with Crippen LogP contribution in [-0.4, -0.2) is 59.0 Å². The molecule has 0 aromatic carbocycles. The quantitative estimate of drug-likeness (QED) is 0.477. The lowest BCUT2D eigenvalue weighted by Crippen LogP contribution is -2.36. The number of methoxy groups -OCH3 is 1. The highest BCUT2D eigenvalue weighted by Gasteiger charge is 2.36. The average Bonchev–Trinajstić information content (AvgIpc) is 3.22. The highest BCUT2D eigenvalue weighted by atomic mass is 16.5. The van der Waals surface area contributed by atoms with Crippen molar-refractivity contribution >= 4 is 22.6 Å². The number of ether oxygens (including phenoxy) is 3. The number of anilines is 1. The maximum absolute atomic E-state index is 11.5. The molecule has 3 aromatic rings. The van der Waals surface area contributed by atoms with Gasteiger partial charge >= 0.3 is 0 Å². The first-order valence-corrected chi connectivity index (χ1v) is 11.1. The number of aromatic amines is 1. The number of hydrogen-bond donors (Lipinski definition) is 3. The van der Waals surface area contributed by atoms with Gasteiger partial charge in [0.1, 0.15) is 17.2 Å². The number of hydrogen-bond acceptors (Lipinski definition) is 7. The molecule has 1 aliphatic rings. The zero-order valence-corrected chi connectivity index (χ0v) is 19.2. The molecule has 0 unspecified atom stereocenters. The number of carbonyl (C=O) groups excluding carboxylic acids is 1. The zero-order valence-electron chi connectivity index (χ0n) is 19.2. The Kier molecular flexibility index (Phi) is 6.92. The average molecular weight is 455 g/mol. The monoisotopic (exact) mass is 454 g/mol. The first kappa shape index (κ1) is 23.2. The molecule has 1 amide bonds. The highest BCUT2D eigenvalue weighted by molar-refractivity contribution is 5.97. The lowest BCUT2D eigenvalue weighted by Gasteiger charge is -2.35. The van der Waals surface area contributed by atoms with Crippen molar-refractivity contribution in [1.82, 2.24) is 15.0 Å². The van der Waals surface area contributed by atoms with Crippen molar-refractivity contribution < 1.29 is 24.1 Å². The maximum Gasteiger partial charge on any atom is 0.222 e. The van der Waals surface area contributed by atoms with Crippen LogP contribution in [0.25, 0.3) is 22.2 Å². The number of aromatic nitrogens is 3. The molecule has 176 valence electrons. The molecule has 0 aliphatic carbocycles. The molecule has 1 fully saturated rings. The largest absolute Gasteiger partial charge is 0.493 e. The normalized spacial score (nSPS) is 16.5. The minimum atomic E-state index is -0.564. The lowest BCUT2D eigenvalue weighted by atomic mass is 9.89. The third kappa shape index (κ3) is 5.16. The number of H-pyrrole nitrogens is 1. The molecule has 1 atom stereocenters. The van der Waals surface area contributed by atoms with E-state index in [9.17, 15) is 9.90 Å². The van der Waals surface area contributed by atoms with Gasteiger partial charge in [0.15, 0.2) is 0 Å². The number of pyridine rings is 2. The molecule has 0 spiro atoms. The number of fused-ring (bicyclic) bond motifs is 1. The summed E-state index contributed by atoms with van der Waals surface area (Å²) < 4.78 is 17.5. The second-order valence-electron chi connectivity index (χ2n) is 8.37. The molecule has 33 heavy (non-hydrogen) atoms. The van der Waals surface area contributed by atoms with Crippen LogP contribution in [-0.2, 0) is 19.9 Å². The van der Waals surface area contributed by atoms with E-state index in [1.165, 1.54) is 6.92 Å². The number of amides is 1. The Balaban J connectivity index is 1.79. The maximum atomic E-state index is 11.5. The molecule has 4 heterocycles. The van der Waals surface area contributed by atoms with Crippen molar-refractivity contribution in [2.45, 2.75) is 44.8 Å². The molecule has 0 bridgehead atoms. The third-order valence-electron chi connectivity index (χ3n) is 5.91. The van der Waals surface area contributed by atoms with Crippen molar-refractivity contribution in [3.8, 4) is 17.0 Å². The van der Waals surface area contributed by atoms with Gasteiger partial charge in [-0.1, -0.05) is 0 Å². The van der Waals surface area contributed by atoms with Crippen LogP contribution < -0.4 is 10.1 Å². The topological polar surface area (TPSA) is 119 Å². The van der Waals surface area contributed by atoms with Gasteiger partial charge in [0.05, 0.1) is 35.8 Å². The molecule has 9 nitrogen and oxygen atoms in total. The number of rotatable bonds is 8. The predicted molar refractivity (Wildman–Crippen MR) is 124 cm³/mol. The SMILES string of the molecule is COC1(c2cc(OCC[C@@H](C)O)cc(-c3c[nH]c4cnc(NC(C)=O)cc34)n2)CCOCC1. The summed E-state index contributed by atoms with van der Waals surface area (Å²) in [5, 5.41) is 13.2. The molecule has 0 saturated carbocycles. The molecule has 3 aromatic heterocycles. The summed E-state index contributed by atoms with van der Waals surface area (Å²) in [5.74, 6) is 0.941. The summed E-state index contributed by atoms with van der Waals surface area (Å²) in [6, 6.07) is 5.63. The van der Waals surface area contributed by atoms with E-state index in [0.717, 1.165) is 22.2 Å². The van der Waals surface area contributed by atoms with Crippen LogP contribution in [0.3, 0.4) is 0 Å². The van der Waals surface area contributed by atoms with Crippen molar-refractivity contribution in [2.24, 2.45) is 0 Å². The van der Waals surface area contributed by atoms with E-state index in [0.29, 0.717) is 56.3 Å². The van der Waals surface area contributed by atoms with Gasteiger partial charge in [-0.2, -0.15) is 0 Å². The van der Waals surface area contributed by atoms with Crippen LogP contribution in [0, 0.1) is 0 Å². The van der Waals surface area contributed by atoms with E-state index in [2.05, 4.69) is 15.3 Å². The Bertz CT molecular complexity index is 1120. The van der Waals surface area contributed by atoms with E-state index in [-0.39, 0.29) is 5.91 Å². The van der Waals surface area contributed by atoms with E-state index in [1.807, 2.05) is 24.4 Å². The van der Waals surface area contributed by atoms with Crippen LogP contribution in [0.4, 0.5) is 5.82 Å². The van der Waals surface area contributed by atoms with E-state index >= 15 is 0 Å². The lowest BCUT2D eigenvalue weighted by molar-refractivity contribution is -0.114. The van der Waals surface area contributed by atoms with Crippen LogP contribution in [0.1, 0.15) is 38.8 Å². The van der Waals surface area contributed by atoms with Gasteiger partial charge in [0, 0.05) is 75.8 Å². The summed E-state index contributed by atoms with van der Waals surface area (Å²) >= 11 is 0. The molecule has 0 radical (unpaired) electrons. The van der Waals surface area contributed by atoms with Crippen molar-refractivity contribution in [1.29, 1.82) is 0 Å². The Morgan fingerprint density at radius 2 is 2.12 bits per heavy atom. The molecule has 1 saturated heterocycles. The highest BCUT2D eigenvalue weighted by Crippen LogP contribution is 2.38. The summed E-state index contributed by atoms with van der Waals surface area (Å²) in [4.78, 5) is 24.0. The van der Waals surface area contributed by atoms with Gasteiger partial charge in [-0.05, 0) is 13.0 Å². The first-order valence-electron chi connectivity index (χ1n) is 11.1. The molecule has 3 N–H and O–H groups in total. The van der Waals surface area contributed by atoms with Crippen molar-refractivity contribution in [2.75, 3.05) is 32.2 Å². The number of aliphatic hydroxyl groups excluding tert-OH is 1. The summed E-state index contributed by atoms with van der Waals surface area (Å²) in [5.41, 5.74) is 2.62. The van der Waals surface area contributed by atoms with E-state index in [1.54, 1.807) is 20.2 Å². The Labute approximate surface area is 192 Å². The zero-order chi connectivity index (χ0) is 23.4. The fourth-order valence-corrected chi connectivity index (χ4v) is 4.06. The molecule has 1 aliphatic heterocycles. The fourth-order valence-electron chi connectivity index (χ4n) is 4.06. The van der Waals surface area contributed by atoms with Gasteiger partial charge in [-0.3, -0.25) is 4.79 Å². The minimum absolute atomic E-state index is 0.186. The second kappa shape index (κ2) is 9.86. The number of nitrogens with zero attached hydrogens (tertiary/aromatic N) is 2. The van der Waals surface area contributed by atoms with Crippen LogP contribution in [0.15, 0.2) is 30.6 Å². The third-order valence-corrected chi connectivity index (χ3v) is 5.91. The Morgan fingerprint density at radius 3 is 2.82 bits per heavy atom.